The Labute approximate surface area is 116 Å². The Hall–Kier alpha value is -1.88. The van der Waals surface area contributed by atoms with E-state index < -0.39 is 5.83 Å². The van der Waals surface area contributed by atoms with Gasteiger partial charge in [0.2, 0.25) is 0 Å². The van der Waals surface area contributed by atoms with Crippen molar-refractivity contribution >= 4 is 28.8 Å². The average Bonchev–Trinajstić information content (AvgIpc) is 2.33. The van der Waals surface area contributed by atoms with E-state index in [9.17, 15) is 9.18 Å². The van der Waals surface area contributed by atoms with Crippen LogP contribution in [0.2, 0.25) is 5.02 Å². The molecule has 0 bridgehead atoms. The van der Waals surface area contributed by atoms with Gasteiger partial charge < -0.3 is 16.5 Å². The molecule has 4 N–H and O–H groups in total. The molecule has 102 valence electrons. The standard InChI is InChI=1S/C13H15ClFN3O/c1-8(19)6-18-7-11(15)13(17)5-9-2-3-12(16)10(14)4-9/h2-4,7,17-18H,5-6,16H2,1H3/b11-7+,17-13?. The maximum atomic E-state index is 13.5. The molecule has 0 heterocycles. The van der Waals surface area contributed by atoms with Gasteiger partial charge in [0.25, 0.3) is 0 Å². The minimum absolute atomic E-state index is 0.0361. The van der Waals surface area contributed by atoms with Crippen LogP contribution < -0.4 is 11.1 Å². The number of allylic oxidation sites excluding steroid dienone is 1. The van der Waals surface area contributed by atoms with Crippen molar-refractivity contribution in [2.75, 3.05) is 12.3 Å². The number of nitrogens with one attached hydrogen (secondary N) is 2. The van der Waals surface area contributed by atoms with E-state index in [0.717, 1.165) is 6.20 Å². The molecule has 0 atom stereocenters. The van der Waals surface area contributed by atoms with Crippen LogP contribution in [0.5, 0.6) is 0 Å². The Balaban J connectivity index is 2.63. The lowest BCUT2D eigenvalue weighted by atomic mass is 10.1. The van der Waals surface area contributed by atoms with Gasteiger partial charge in [0, 0.05) is 12.6 Å². The molecule has 0 unspecified atom stereocenters. The van der Waals surface area contributed by atoms with Crippen molar-refractivity contribution < 1.29 is 9.18 Å². The van der Waals surface area contributed by atoms with Gasteiger partial charge in [-0.2, -0.15) is 0 Å². The second-order valence-corrected chi connectivity index (χ2v) is 4.49. The van der Waals surface area contributed by atoms with Crippen molar-refractivity contribution in [1.29, 1.82) is 5.41 Å². The Kier molecular flexibility index (Phi) is 5.51. The molecule has 0 fully saturated rings. The van der Waals surface area contributed by atoms with Crippen LogP contribution >= 0.6 is 11.6 Å². The molecule has 1 aromatic carbocycles. The zero-order valence-corrected chi connectivity index (χ0v) is 11.2. The van der Waals surface area contributed by atoms with Crippen LogP contribution in [0.4, 0.5) is 10.1 Å². The highest BCUT2D eigenvalue weighted by molar-refractivity contribution is 6.33. The first-order valence-corrected chi connectivity index (χ1v) is 5.98. The van der Waals surface area contributed by atoms with Crippen LogP contribution in [0.3, 0.4) is 0 Å². The number of ketones is 1. The molecule has 0 radical (unpaired) electrons. The number of Topliss-reactive ketones (excluding diaryl/α,β-unsaturated/α-hetero) is 1. The van der Waals surface area contributed by atoms with Crippen molar-refractivity contribution in [2.24, 2.45) is 0 Å². The van der Waals surface area contributed by atoms with Gasteiger partial charge in [-0.3, -0.25) is 4.79 Å². The van der Waals surface area contributed by atoms with E-state index >= 15 is 0 Å². The number of rotatable bonds is 6. The molecule has 0 aliphatic carbocycles. The monoisotopic (exact) mass is 283 g/mol. The van der Waals surface area contributed by atoms with E-state index in [1.807, 2.05) is 0 Å². The zero-order valence-electron chi connectivity index (χ0n) is 10.5. The fourth-order valence-electron chi connectivity index (χ4n) is 1.34. The third-order valence-electron chi connectivity index (χ3n) is 2.31. The molecule has 0 saturated heterocycles. The van der Waals surface area contributed by atoms with E-state index in [4.69, 9.17) is 22.7 Å². The van der Waals surface area contributed by atoms with Gasteiger partial charge in [-0.1, -0.05) is 17.7 Å². The molecule has 19 heavy (non-hydrogen) atoms. The molecule has 0 saturated carbocycles. The topological polar surface area (TPSA) is 79.0 Å². The quantitative estimate of drug-likeness (QED) is 0.554. The summed E-state index contributed by atoms with van der Waals surface area (Å²) in [6.07, 6.45) is 1.12. The Morgan fingerprint density at radius 3 is 2.84 bits per heavy atom. The van der Waals surface area contributed by atoms with Gasteiger partial charge >= 0.3 is 0 Å². The minimum atomic E-state index is -0.714. The Morgan fingerprint density at radius 2 is 2.26 bits per heavy atom. The molecular formula is C13H15ClFN3O. The van der Waals surface area contributed by atoms with Gasteiger partial charge in [0.05, 0.1) is 23.0 Å². The van der Waals surface area contributed by atoms with E-state index in [0.29, 0.717) is 16.3 Å². The Morgan fingerprint density at radius 1 is 1.58 bits per heavy atom. The number of halogens is 2. The summed E-state index contributed by atoms with van der Waals surface area (Å²) in [4.78, 5) is 10.7. The van der Waals surface area contributed by atoms with Crippen molar-refractivity contribution in [3.8, 4) is 0 Å². The smallest absolute Gasteiger partial charge is 0.159 e. The van der Waals surface area contributed by atoms with E-state index in [1.54, 1.807) is 18.2 Å². The maximum absolute atomic E-state index is 13.5. The van der Waals surface area contributed by atoms with Crippen LogP contribution in [0.15, 0.2) is 30.2 Å². The molecule has 0 amide bonds. The Bertz CT molecular complexity index is 529. The molecule has 0 aliphatic rings. The summed E-state index contributed by atoms with van der Waals surface area (Å²) >= 11 is 5.84. The molecule has 1 rings (SSSR count). The van der Waals surface area contributed by atoms with Crippen molar-refractivity contribution in [1.82, 2.24) is 5.32 Å². The summed E-state index contributed by atoms with van der Waals surface area (Å²) in [5.41, 5.74) is 6.50. The van der Waals surface area contributed by atoms with Gasteiger partial charge in [0.15, 0.2) is 5.83 Å². The maximum Gasteiger partial charge on any atom is 0.159 e. The van der Waals surface area contributed by atoms with Crippen LogP contribution in [0, 0.1) is 5.41 Å². The van der Waals surface area contributed by atoms with Crippen molar-refractivity contribution in [2.45, 2.75) is 13.3 Å². The van der Waals surface area contributed by atoms with Crippen molar-refractivity contribution in [3.63, 3.8) is 0 Å². The zero-order chi connectivity index (χ0) is 14.4. The lowest BCUT2D eigenvalue weighted by molar-refractivity contribution is -0.116. The minimum Gasteiger partial charge on any atom is -0.398 e. The largest absolute Gasteiger partial charge is 0.398 e. The van der Waals surface area contributed by atoms with E-state index in [1.165, 1.54) is 6.92 Å². The third-order valence-corrected chi connectivity index (χ3v) is 2.64. The number of benzene rings is 1. The van der Waals surface area contributed by atoms with Crippen molar-refractivity contribution in [3.05, 3.63) is 40.8 Å². The summed E-state index contributed by atoms with van der Waals surface area (Å²) in [5, 5.41) is 10.5. The molecule has 6 heteroatoms. The summed E-state index contributed by atoms with van der Waals surface area (Å²) in [7, 11) is 0. The van der Waals surface area contributed by atoms with E-state index in [-0.39, 0.29) is 24.5 Å². The summed E-state index contributed by atoms with van der Waals surface area (Å²) < 4.78 is 13.5. The number of nitrogens with two attached hydrogens (primary N) is 1. The van der Waals surface area contributed by atoms with Gasteiger partial charge in [-0.25, -0.2) is 4.39 Å². The number of carbonyl (C=O) groups excluding carboxylic acids is 1. The van der Waals surface area contributed by atoms with E-state index in [2.05, 4.69) is 5.32 Å². The number of nitrogen functional groups attached to an aromatic ring is 1. The highest BCUT2D eigenvalue weighted by Crippen LogP contribution is 2.20. The summed E-state index contributed by atoms with van der Waals surface area (Å²) in [6.45, 7) is 1.43. The van der Waals surface area contributed by atoms with Crippen LogP contribution in [0.1, 0.15) is 12.5 Å². The fraction of sp³-hybridized carbons (Fsp3) is 0.231. The lowest BCUT2D eigenvalue weighted by Gasteiger charge is -2.05. The molecule has 0 aromatic heterocycles. The molecule has 4 nitrogen and oxygen atoms in total. The average molecular weight is 284 g/mol. The van der Waals surface area contributed by atoms with Crippen LogP contribution in [-0.4, -0.2) is 18.0 Å². The molecule has 0 aliphatic heterocycles. The number of hydrogen-bond acceptors (Lipinski definition) is 4. The second-order valence-electron chi connectivity index (χ2n) is 4.09. The first-order chi connectivity index (χ1) is 8.90. The number of hydrogen-bond donors (Lipinski definition) is 3. The molecule has 0 spiro atoms. The first-order valence-electron chi connectivity index (χ1n) is 5.60. The fourth-order valence-corrected chi connectivity index (χ4v) is 1.54. The second kappa shape index (κ2) is 6.89. The number of carbonyl (C=O) groups is 1. The summed E-state index contributed by atoms with van der Waals surface area (Å²) in [5.74, 6) is -0.824. The highest BCUT2D eigenvalue weighted by atomic mass is 35.5. The van der Waals surface area contributed by atoms with Gasteiger partial charge in [-0.05, 0) is 24.6 Å². The predicted octanol–water partition coefficient (Wildman–Crippen LogP) is 2.47. The highest BCUT2D eigenvalue weighted by Gasteiger charge is 2.07. The normalized spacial score (nSPS) is 11.2. The molecule has 1 aromatic rings. The first kappa shape index (κ1) is 15.2. The summed E-state index contributed by atoms with van der Waals surface area (Å²) in [6, 6.07) is 4.90. The van der Waals surface area contributed by atoms with Gasteiger partial charge in [-0.15, -0.1) is 0 Å². The lowest BCUT2D eigenvalue weighted by Crippen LogP contribution is -2.16. The van der Waals surface area contributed by atoms with Crippen LogP contribution in [-0.2, 0) is 11.2 Å². The SMILES string of the molecule is CC(=O)CN/C=C(/F)C(=N)Cc1ccc(N)c(Cl)c1. The third kappa shape index (κ3) is 5.09. The van der Waals surface area contributed by atoms with Crippen LogP contribution in [0.25, 0.3) is 0 Å². The predicted molar refractivity (Wildman–Crippen MR) is 75.2 cm³/mol. The van der Waals surface area contributed by atoms with Gasteiger partial charge in [0.1, 0.15) is 5.78 Å². The molecular weight excluding hydrogens is 269 g/mol. The number of anilines is 1.